The van der Waals surface area contributed by atoms with Gasteiger partial charge in [0.05, 0.1) is 43.1 Å². The van der Waals surface area contributed by atoms with Gasteiger partial charge in [-0.15, -0.1) is 0 Å². The van der Waals surface area contributed by atoms with Crippen molar-refractivity contribution in [2.24, 2.45) is 0 Å². The average molecular weight is 362 g/mol. The van der Waals surface area contributed by atoms with Crippen molar-refractivity contribution in [2.75, 3.05) is 25.1 Å². The Hall–Kier alpha value is -2.94. The predicted molar refractivity (Wildman–Crippen MR) is 90.5 cm³/mol. The van der Waals surface area contributed by atoms with Gasteiger partial charge in [0.1, 0.15) is 11.9 Å². The number of ether oxygens (including phenoxy) is 2. The third-order valence-electron chi connectivity index (χ3n) is 3.90. The normalized spacial score (nSPS) is 16.7. The lowest BCUT2D eigenvalue weighted by molar-refractivity contribution is -0.119. The molecule has 1 fully saturated rings. The number of amides is 2. The quantitative estimate of drug-likeness (QED) is 0.844. The van der Waals surface area contributed by atoms with Gasteiger partial charge in [-0.3, -0.25) is 9.69 Å². The van der Waals surface area contributed by atoms with Crippen LogP contribution in [-0.4, -0.2) is 47.9 Å². The van der Waals surface area contributed by atoms with Gasteiger partial charge in [0.2, 0.25) is 5.91 Å². The molecule has 0 bridgehead atoms. The van der Waals surface area contributed by atoms with Crippen LogP contribution in [0, 0.1) is 5.82 Å². The van der Waals surface area contributed by atoms with Gasteiger partial charge in [-0.2, -0.15) is 0 Å². The van der Waals surface area contributed by atoms with Crippen LogP contribution in [-0.2, 0) is 20.9 Å². The number of hydrogen-bond acceptors (Lipinski definition) is 5. The number of methoxy groups -OCH3 is 1. The molecular formula is C17H19FN4O4. The molecular weight excluding hydrogens is 343 g/mol. The maximum absolute atomic E-state index is 14.5. The Labute approximate surface area is 149 Å². The van der Waals surface area contributed by atoms with Crippen molar-refractivity contribution >= 4 is 17.7 Å². The molecule has 1 aliphatic heterocycles. The van der Waals surface area contributed by atoms with E-state index in [0.29, 0.717) is 23.7 Å². The first kappa shape index (κ1) is 17.9. The SMILES string of the molecule is COCc1cn(-c2ccc(N3C[C@H](CNC(C)=O)OC3=O)cc2F)cn1. The van der Waals surface area contributed by atoms with E-state index in [0.717, 1.165) is 0 Å². The summed E-state index contributed by atoms with van der Waals surface area (Å²) in [5.41, 5.74) is 1.38. The minimum Gasteiger partial charge on any atom is -0.442 e. The number of rotatable bonds is 6. The average Bonchev–Trinajstić information content (AvgIpc) is 3.20. The molecule has 2 aromatic rings. The highest BCUT2D eigenvalue weighted by Gasteiger charge is 2.32. The fourth-order valence-corrected chi connectivity index (χ4v) is 2.69. The molecule has 0 radical (unpaired) electrons. The maximum atomic E-state index is 14.5. The Balaban J connectivity index is 1.74. The molecule has 1 aromatic carbocycles. The van der Waals surface area contributed by atoms with Crippen molar-refractivity contribution in [2.45, 2.75) is 19.6 Å². The minimum atomic E-state index is -0.572. The van der Waals surface area contributed by atoms with E-state index < -0.39 is 18.0 Å². The minimum absolute atomic E-state index is 0.205. The second-order valence-electron chi connectivity index (χ2n) is 5.89. The van der Waals surface area contributed by atoms with E-state index in [1.807, 2.05) is 0 Å². The topological polar surface area (TPSA) is 85.7 Å². The lowest BCUT2D eigenvalue weighted by Gasteiger charge is -2.14. The van der Waals surface area contributed by atoms with Crippen molar-refractivity contribution in [3.05, 3.63) is 42.2 Å². The second-order valence-corrected chi connectivity index (χ2v) is 5.89. The second kappa shape index (κ2) is 7.52. The Kier molecular flexibility index (Phi) is 5.17. The fourth-order valence-electron chi connectivity index (χ4n) is 2.69. The largest absolute Gasteiger partial charge is 0.442 e. The number of aromatic nitrogens is 2. The van der Waals surface area contributed by atoms with Crippen LogP contribution < -0.4 is 10.2 Å². The Morgan fingerprint density at radius 3 is 3.00 bits per heavy atom. The van der Waals surface area contributed by atoms with Gasteiger partial charge in [-0.05, 0) is 18.2 Å². The first-order valence-electron chi connectivity index (χ1n) is 8.02. The van der Waals surface area contributed by atoms with Gasteiger partial charge < -0.3 is 19.4 Å². The summed E-state index contributed by atoms with van der Waals surface area (Å²) < 4.78 is 26.3. The molecule has 1 saturated heterocycles. The predicted octanol–water partition coefficient (Wildman–Crippen LogP) is 1.62. The maximum Gasteiger partial charge on any atom is 0.414 e. The number of imidazole rings is 1. The molecule has 9 heteroatoms. The number of carbonyl (C=O) groups excluding carboxylic acids is 2. The van der Waals surface area contributed by atoms with Crippen molar-refractivity contribution in [3.63, 3.8) is 0 Å². The lowest BCUT2D eigenvalue weighted by atomic mass is 10.2. The van der Waals surface area contributed by atoms with Gasteiger partial charge in [0.25, 0.3) is 0 Å². The van der Waals surface area contributed by atoms with Crippen LogP contribution in [0.5, 0.6) is 0 Å². The van der Waals surface area contributed by atoms with Crippen molar-refractivity contribution in [3.8, 4) is 5.69 Å². The molecule has 1 aliphatic rings. The van der Waals surface area contributed by atoms with E-state index in [1.165, 1.54) is 24.2 Å². The highest BCUT2D eigenvalue weighted by molar-refractivity contribution is 5.90. The van der Waals surface area contributed by atoms with E-state index in [4.69, 9.17) is 9.47 Å². The molecule has 1 N–H and O–H groups in total. The Bertz CT molecular complexity index is 823. The van der Waals surface area contributed by atoms with Crippen molar-refractivity contribution in [1.82, 2.24) is 14.9 Å². The summed E-state index contributed by atoms with van der Waals surface area (Å²) in [7, 11) is 1.56. The third-order valence-corrected chi connectivity index (χ3v) is 3.90. The van der Waals surface area contributed by atoms with Gasteiger partial charge in [0.15, 0.2) is 0 Å². The molecule has 0 aliphatic carbocycles. The fraction of sp³-hybridized carbons (Fsp3) is 0.353. The zero-order valence-corrected chi connectivity index (χ0v) is 14.4. The molecule has 138 valence electrons. The number of hydrogen-bond donors (Lipinski definition) is 1. The molecule has 1 atom stereocenters. The molecule has 3 rings (SSSR count). The summed E-state index contributed by atoms with van der Waals surface area (Å²) in [6.07, 6.45) is 2.13. The van der Waals surface area contributed by atoms with Crippen LogP contribution in [0.15, 0.2) is 30.7 Å². The molecule has 2 amide bonds. The molecule has 1 aromatic heterocycles. The van der Waals surface area contributed by atoms with E-state index in [1.54, 1.807) is 30.0 Å². The summed E-state index contributed by atoms with van der Waals surface area (Å²) in [4.78, 5) is 28.4. The van der Waals surface area contributed by atoms with Crippen LogP contribution in [0.2, 0.25) is 0 Å². The number of nitrogens with one attached hydrogen (secondary N) is 1. The third kappa shape index (κ3) is 3.83. The standard InChI is InChI=1S/C17H19FN4O4/c1-11(23)19-6-14-8-22(17(24)26-14)13-3-4-16(15(18)5-13)21-7-12(9-25-2)20-10-21/h3-5,7,10,14H,6,8-9H2,1-2H3,(H,19,23)/t14-/m0/s1. The van der Waals surface area contributed by atoms with Crippen LogP contribution in [0.25, 0.3) is 5.69 Å². The summed E-state index contributed by atoms with van der Waals surface area (Å²) >= 11 is 0. The summed E-state index contributed by atoms with van der Waals surface area (Å²) in [6.45, 7) is 2.18. The number of anilines is 1. The van der Waals surface area contributed by atoms with Crippen LogP contribution in [0.4, 0.5) is 14.9 Å². The molecule has 0 saturated carbocycles. The molecule has 0 spiro atoms. The monoisotopic (exact) mass is 362 g/mol. The van der Waals surface area contributed by atoms with Gasteiger partial charge in [-0.1, -0.05) is 0 Å². The van der Waals surface area contributed by atoms with Gasteiger partial charge in [0, 0.05) is 20.2 Å². The molecule has 8 nitrogen and oxygen atoms in total. The highest BCUT2D eigenvalue weighted by atomic mass is 19.1. The number of cyclic esters (lactones) is 1. The summed E-state index contributed by atoms with van der Waals surface area (Å²) in [6, 6.07) is 4.47. The van der Waals surface area contributed by atoms with Gasteiger partial charge >= 0.3 is 6.09 Å². The van der Waals surface area contributed by atoms with Crippen LogP contribution in [0.1, 0.15) is 12.6 Å². The van der Waals surface area contributed by atoms with Crippen LogP contribution >= 0.6 is 0 Å². The number of halogens is 1. The Morgan fingerprint density at radius 1 is 1.50 bits per heavy atom. The Morgan fingerprint density at radius 2 is 2.31 bits per heavy atom. The molecule has 2 heterocycles. The van der Waals surface area contributed by atoms with Crippen molar-refractivity contribution in [1.29, 1.82) is 0 Å². The van der Waals surface area contributed by atoms with E-state index >= 15 is 0 Å². The summed E-state index contributed by atoms with van der Waals surface area (Å²) in [5.74, 6) is -0.704. The summed E-state index contributed by atoms with van der Waals surface area (Å²) in [5, 5.41) is 2.60. The zero-order valence-electron chi connectivity index (χ0n) is 14.4. The van der Waals surface area contributed by atoms with Crippen molar-refractivity contribution < 1.29 is 23.5 Å². The highest BCUT2D eigenvalue weighted by Crippen LogP contribution is 2.25. The zero-order chi connectivity index (χ0) is 18.7. The van der Waals surface area contributed by atoms with Crippen LogP contribution in [0.3, 0.4) is 0 Å². The number of nitrogens with zero attached hydrogens (tertiary/aromatic N) is 3. The van der Waals surface area contributed by atoms with Gasteiger partial charge in [-0.25, -0.2) is 14.2 Å². The van der Waals surface area contributed by atoms with E-state index in [9.17, 15) is 14.0 Å². The first-order valence-corrected chi connectivity index (χ1v) is 8.02. The van der Waals surface area contributed by atoms with E-state index in [-0.39, 0.29) is 19.0 Å². The number of carbonyl (C=O) groups is 2. The smallest absolute Gasteiger partial charge is 0.414 e. The molecule has 26 heavy (non-hydrogen) atoms. The molecule has 0 unspecified atom stereocenters. The lowest BCUT2D eigenvalue weighted by Crippen LogP contribution is -2.33. The first-order chi connectivity index (χ1) is 12.5. The number of benzene rings is 1. The van der Waals surface area contributed by atoms with E-state index in [2.05, 4.69) is 10.3 Å².